The molecule has 1 aliphatic heterocycles. The highest BCUT2D eigenvalue weighted by Crippen LogP contribution is 2.35. The molecular formula is C22H27N7O4S. The van der Waals surface area contributed by atoms with Gasteiger partial charge in [0.2, 0.25) is 15.9 Å². The van der Waals surface area contributed by atoms with Gasteiger partial charge in [-0.15, -0.1) is 0 Å². The zero-order valence-electron chi connectivity index (χ0n) is 19.0. The molecule has 0 radical (unpaired) electrons. The highest BCUT2D eigenvalue weighted by Gasteiger charge is 2.30. The van der Waals surface area contributed by atoms with Crippen molar-refractivity contribution < 1.29 is 13.2 Å². The summed E-state index contributed by atoms with van der Waals surface area (Å²) in [6.07, 6.45) is 2.80. The van der Waals surface area contributed by atoms with E-state index in [1.165, 1.54) is 4.68 Å². The molecule has 1 saturated heterocycles. The van der Waals surface area contributed by atoms with Gasteiger partial charge in [-0.1, -0.05) is 0 Å². The second-order valence-corrected chi connectivity index (χ2v) is 10.7. The molecule has 0 unspecified atom stereocenters. The van der Waals surface area contributed by atoms with Crippen LogP contribution in [0.1, 0.15) is 26.2 Å². The van der Waals surface area contributed by atoms with Crippen LogP contribution in [0.4, 0.5) is 28.6 Å². The van der Waals surface area contributed by atoms with Gasteiger partial charge in [-0.3, -0.25) is 24.1 Å². The lowest BCUT2D eigenvalue weighted by atomic mass is 10.1. The van der Waals surface area contributed by atoms with Crippen molar-refractivity contribution in [2.45, 2.75) is 26.2 Å². The third kappa shape index (κ3) is 4.32. The monoisotopic (exact) mass is 485 g/mol. The number of hydrogen-bond acceptors (Lipinski definition) is 7. The van der Waals surface area contributed by atoms with Crippen LogP contribution in [0.2, 0.25) is 0 Å². The van der Waals surface area contributed by atoms with E-state index in [-0.39, 0.29) is 23.1 Å². The molecule has 2 aromatic heterocycles. The maximum absolute atomic E-state index is 12.8. The maximum Gasteiger partial charge on any atom is 0.277 e. The van der Waals surface area contributed by atoms with E-state index in [0.29, 0.717) is 33.9 Å². The lowest BCUT2D eigenvalue weighted by Gasteiger charge is -2.33. The zero-order valence-corrected chi connectivity index (χ0v) is 19.8. The standard InChI is InChI=1S/C22H27N7O4S/c1-3-34(32,33)27-16-11-14(29-9-4-10-29)7-8-15(16)23-17-12-18(25-21(30)13-5-6-13)24-20-19(17)22(31)28(2)26-20/h7-8,11-13,27H,3-6,9-10H2,1-2H3,(H3,23,24,25,26,30). The zero-order chi connectivity index (χ0) is 24.0. The van der Waals surface area contributed by atoms with Crippen LogP contribution in [0.3, 0.4) is 0 Å². The van der Waals surface area contributed by atoms with Gasteiger partial charge < -0.3 is 15.5 Å². The van der Waals surface area contributed by atoms with Gasteiger partial charge in [-0.2, -0.15) is 0 Å². The van der Waals surface area contributed by atoms with Crippen molar-refractivity contribution in [2.75, 3.05) is 39.1 Å². The Labute approximate surface area is 196 Å². The van der Waals surface area contributed by atoms with Gasteiger partial charge in [0.05, 0.1) is 22.8 Å². The average Bonchev–Trinajstić information content (AvgIpc) is 3.55. The van der Waals surface area contributed by atoms with Crippen LogP contribution in [0.15, 0.2) is 29.1 Å². The second-order valence-electron chi connectivity index (χ2n) is 8.72. The summed E-state index contributed by atoms with van der Waals surface area (Å²) >= 11 is 0. The number of aryl methyl sites for hydroxylation is 1. The fraction of sp³-hybridized carbons (Fsp3) is 0.409. The summed E-state index contributed by atoms with van der Waals surface area (Å²) in [4.78, 5) is 31.6. The highest BCUT2D eigenvalue weighted by molar-refractivity contribution is 7.92. The molecule has 2 fully saturated rings. The van der Waals surface area contributed by atoms with Gasteiger partial charge in [-0.25, -0.2) is 13.4 Å². The van der Waals surface area contributed by atoms with Crippen molar-refractivity contribution in [3.63, 3.8) is 0 Å². The Morgan fingerprint density at radius 1 is 1.18 bits per heavy atom. The third-order valence-corrected chi connectivity index (χ3v) is 7.44. The van der Waals surface area contributed by atoms with Gasteiger partial charge in [0.1, 0.15) is 11.2 Å². The molecule has 3 heterocycles. The van der Waals surface area contributed by atoms with E-state index in [2.05, 4.69) is 30.3 Å². The van der Waals surface area contributed by atoms with Crippen molar-refractivity contribution in [1.82, 2.24) is 14.8 Å². The molecule has 12 heteroatoms. The molecule has 1 amide bonds. The number of aromatic nitrogens is 3. The Hall–Kier alpha value is -3.54. The molecule has 1 saturated carbocycles. The first kappa shape index (κ1) is 22.3. The van der Waals surface area contributed by atoms with Gasteiger partial charge in [0.25, 0.3) is 5.56 Å². The van der Waals surface area contributed by atoms with E-state index in [1.54, 1.807) is 32.2 Å². The first-order valence-corrected chi connectivity index (χ1v) is 13.0. The fourth-order valence-corrected chi connectivity index (χ4v) is 4.49. The van der Waals surface area contributed by atoms with Gasteiger partial charge >= 0.3 is 0 Å². The molecule has 11 nitrogen and oxygen atoms in total. The summed E-state index contributed by atoms with van der Waals surface area (Å²) in [5.41, 5.74) is 2.21. The first-order valence-electron chi connectivity index (χ1n) is 11.3. The number of pyridine rings is 1. The Morgan fingerprint density at radius 2 is 1.94 bits per heavy atom. The summed E-state index contributed by atoms with van der Waals surface area (Å²) < 4.78 is 28.7. The summed E-state index contributed by atoms with van der Waals surface area (Å²) in [6, 6.07) is 7.08. The minimum absolute atomic E-state index is 0.00664. The SMILES string of the molecule is CCS(=O)(=O)Nc1cc(N2CCC2)ccc1Nc1cc(NC(=O)C2CC2)nc2[nH]n(C)c(=O)c12. The molecule has 34 heavy (non-hydrogen) atoms. The number of nitrogens with zero attached hydrogens (tertiary/aromatic N) is 3. The number of rotatable bonds is 8. The van der Waals surface area contributed by atoms with Crippen LogP contribution in [0.25, 0.3) is 11.0 Å². The van der Waals surface area contributed by atoms with Crippen LogP contribution in [-0.4, -0.2) is 47.9 Å². The lowest BCUT2D eigenvalue weighted by molar-refractivity contribution is -0.117. The molecule has 0 bridgehead atoms. The second kappa shape index (κ2) is 8.35. The third-order valence-electron chi connectivity index (χ3n) is 6.15. The van der Waals surface area contributed by atoms with Crippen LogP contribution in [-0.2, 0) is 21.9 Å². The Balaban J connectivity index is 1.57. The van der Waals surface area contributed by atoms with Gasteiger partial charge in [0.15, 0.2) is 5.65 Å². The molecule has 4 N–H and O–H groups in total. The number of fused-ring (bicyclic) bond motifs is 1. The number of carbonyl (C=O) groups is 1. The highest BCUT2D eigenvalue weighted by atomic mass is 32.2. The van der Waals surface area contributed by atoms with E-state index in [1.807, 2.05) is 6.07 Å². The number of carbonyl (C=O) groups excluding carboxylic acids is 1. The number of sulfonamides is 1. The lowest BCUT2D eigenvalue weighted by Crippen LogP contribution is -2.37. The molecule has 0 spiro atoms. The number of aromatic amines is 1. The summed E-state index contributed by atoms with van der Waals surface area (Å²) in [7, 11) is -1.96. The first-order chi connectivity index (χ1) is 16.2. The number of nitrogens with one attached hydrogen (secondary N) is 4. The summed E-state index contributed by atoms with van der Waals surface area (Å²) in [5.74, 6) is 0.121. The average molecular weight is 486 g/mol. The quantitative estimate of drug-likeness (QED) is 0.384. The smallest absolute Gasteiger partial charge is 0.277 e. The van der Waals surface area contributed by atoms with Crippen molar-refractivity contribution in [1.29, 1.82) is 0 Å². The Morgan fingerprint density at radius 3 is 2.59 bits per heavy atom. The van der Waals surface area contributed by atoms with Crippen molar-refractivity contribution in [3.05, 3.63) is 34.6 Å². The minimum Gasteiger partial charge on any atom is -0.371 e. The van der Waals surface area contributed by atoms with Gasteiger partial charge in [-0.05, 0) is 44.4 Å². The molecular weight excluding hydrogens is 458 g/mol. The van der Waals surface area contributed by atoms with E-state index in [9.17, 15) is 18.0 Å². The maximum atomic E-state index is 12.8. The summed E-state index contributed by atoms with van der Waals surface area (Å²) in [6.45, 7) is 3.40. The van der Waals surface area contributed by atoms with Crippen LogP contribution < -0.4 is 25.8 Å². The van der Waals surface area contributed by atoms with Crippen LogP contribution in [0, 0.1) is 5.92 Å². The molecule has 1 aliphatic carbocycles. The Kier molecular flexibility index (Phi) is 5.47. The van der Waals surface area contributed by atoms with E-state index in [4.69, 9.17) is 0 Å². The molecule has 5 rings (SSSR count). The number of amides is 1. The fourth-order valence-electron chi connectivity index (χ4n) is 3.84. The molecule has 1 aromatic carbocycles. The van der Waals surface area contributed by atoms with Crippen LogP contribution >= 0.6 is 0 Å². The van der Waals surface area contributed by atoms with Crippen molar-refractivity contribution in [3.8, 4) is 0 Å². The summed E-state index contributed by atoms with van der Waals surface area (Å²) in [5, 5.41) is 9.22. The van der Waals surface area contributed by atoms with Crippen LogP contribution in [0.5, 0.6) is 0 Å². The predicted molar refractivity (Wildman–Crippen MR) is 132 cm³/mol. The topological polar surface area (TPSA) is 141 Å². The predicted octanol–water partition coefficient (Wildman–Crippen LogP) is 2.33. The number of benzene rings is 1. The number of H-pyrrole nitrogens is 1. The van der Waals surface area contributed by atoms with E-state index >= 15 is 0 Å². The number of hydrogen-bond donors (Lipinski definition) is 4. The minimum atomic E-state index is -3.54. The normalized spacial score (nSPS) is 15.8. The van der Waals surface area contributed by atoms with E-state index < -0.39 is 10.0 Å². The molecule has 2 aliphatic rings. The van der Waals surface area contributed by atoms with Crippen molar-refractivity contribution in [2.24, 2.45) is 13.0 Å². The largest absolute Gasteiger partial charge is 0.371 e. The van der Waals surface area contributed by atoms with E-state index in [0.717, 1.165) is 38.0 Å². The van der Waals surface area contributed by atoms with Crippen molar-refractivity contribution >= 4 is 55.5 Å². The van der Waals surface area contributed by atoms with Gasteiger partial charge in [0, 0.05) is 37.8 Å². The number of anilines is 5. The molecule has 0 atom stereocenters. The molecule has 3 aromatic rings. The Bertz CT molecular complexity index is 1440. The molecule has 180 valence electrons.